The molecule has 0 aliphatic carbocycles. The SMILES string of the molecule is CCOc1cc(C=NO)cc(Cl)c1OCc1ccc(Cl)cc1Cl. The number of hydrogen-bond acceptors (Lipinski definition) is 4. The van der Waals surface area contributed by atoms with Gasteiger partial charge in [0, 0.05) is 21.2 Å². The van der Waals surface area contributed by atoms with E-state index in [1.54, 1.807) is 30.3 Å². The highest BCUT2D eigenvalue weighted by Crippen LogP contribution is 2.37. The standard InChI is InChI=1S/C16H14Cl3NO3/c1-2-22-15-6-10(8-20-21)5-14(19)16(15)23-9-11-3-4-12(17)7-13(11)18/h3-8,21H,2,9H2,1H3. The van der Waals surface area contributed by atoms with Crippen LogP contribution in [-0.4, -0.2) is 18.0 Å². The van der Waals surface area contributed by atoms with E-state index in [1.165, 1.54) is 6.21 Å². The molecule has 1 N–H and O–H groups in total. The molecule has 2 rings (SSSR count). The number of rotatable bonds is 6. The molecule has 0 aliphatic heterocycles. The van der Waals surface area contributed by atoms with E-state index in [1.807, 2.05) is 6.92 Å². The van der Waals surface area contributed by atoms with E-state index in [4.69, 9.17) is 49.5 Å². The molecule has 2 aromatic rings. The van der Waals surface area contributed by atoms with Gasteiger partial charge in [-0.1, -0.05) is 46.0 Å². The van der Waals surface area contributed by atoms with Crippen LogP contribution in [0.2, 0.25) is 15.1 Å². The summed E-state index contributed by atoms with van der Waals surface area (Å²) in [6, 6.07) is 8.45. The third-order valence-corrected chi connectivity index (χ3v) is 3.79. The van der Waals surface area contributed by atoms with Crippen molar-refractivity contribution in [3.63, 3.8) is 0 Å². The lowest BCUT2D eigenvalue weighted by Crippen LogP contribution is -2.02. The number of ether oxygens (including phenoxy) is 2. The van der Waals surface area contributed by atoms with Crippen LogP contribution in [-0.2, 0) is 6.61 Å². The quantitative estimate of drug-likeness (QED) is 0.416. The van der Waals surface area contributed by atoms with Gasteiger partial charge in [-0.2, -0.15) is 0 Å². The van der Waals surface area contributed by atoms with Crippen molar-refractivity contribution in [2.45, 2.75) is 13.5 Å². The number of benzene rings is 2. The molecule has 0 fully saturated rings. The molecular formula is C16H14Cl3NO3. The molecule has 0 bridgehead atoms. The predicted octanol–water partition coefficient (Wildman–Crippen LogP) is 5.43. The van der Waals surface area contributed by atoms with Crippen molar-refractivity contribution in [1.29, 1.82) is 0 Å². The minimum atomic E-state index is 0.212. The summed E-state index contributed by atoms with van der Waals surface area (Å²) in [6.45, 7) is 2.50. The van der Waals surface area contributed by atoms with Gasteiger partial charge in [-0.3, -0.25) is 0 Å². The molecule has 0 saturated carbocycles. The lowest BCUT2D eigenvalue weighted by Gasteiger charge is -2.15. The molecule has 2 aromatic carbocycles. The van der Waals surface area contributed by atoms with Gasteiger partial charge in [0.25, 0.3) is 0 Å². The van der Waals surface area contributed by atoms with Gasteiger partial charge in [-0.05, 0) is 31.2 Å². The minimum absolute atomic E-state index is 0.212. The first kappa shape index (κ1) is 17.7. The fraction of sp³-hybridized carbons (Fsp3) is 0.188. The molecule has 0 aromatic heterocycles. The Kier molecular flexibility index (Phi) is 6.39. The summed E-state index contributed by atoms with van der Waals surface area (Å²) in [4.78, 5) is 0. The van der Waals surface area contributed by atoms with E-state index in [2.05, 4.69) is 5.16 Å². The molecule has 0 spiro atoms. The van der Waals surface area contributed by atoms with E-state index >= 15 is 0 Å². The van der Waals surface area contributed by atoms with Crippen LogP contribution < -0.4 is 9.47 Å². The smallest absolute Gasteiger partial charge is 0.180 e. The van der Waals surface area contributed by atoms with Crippen molar-refractivity contribution in [3.05, 3.63) is 56.5 Å². The third-order valence-electron chi connectivity index (χ3n) is 2.93. The Bertz CT molecular complexity index is 720. The second kappa shape index (κ2) is 8.29. The Morgan fingerprint density at radius 3 is 2.52 bits per heavy atom. The van der Waals surface area contributed by atoms with E-state index in [-0.39, 0.29) is 6.61 Å². The van der Waals surface area contributed by atoms with Gasteiger partial charge < -0.3 is 14.7 Å². The van der Waals surface area contributed by atoms with Crippen LogP contribution in [0.5, 0.6) is 11.5 Å². The van der Waals surface area contributed by atoms with Crippen molar-refractivity contribution < 1.29 is 14.7 Å². The van der Waals surface area contributed by atoms with E-state index in [9.17, 15) is 0 Å². The first-order valence-corrected chi connectivity index (χ1v) is 7.89. The number of hydrogen-bond donors (Lipinski definition) is 1. The summed E-state index contributed by atoms with van der Waals surface area (Å²) < 4.78 is 11.3. The zero-order chi connectivity index (χ0) is 16.8. The first-order valence-electron chi connectivity index (χ1n) is 6.75. The lowest BCUT2D eigenvalue weighted by molar-refractivity contribution is 0.269. The van der Waals surface area contributed by atoms with Crippen molar-refractivity contribution in [3.8, 4) is 11.5 Å². The first-order chi connectivity index (χ1) is 11.0. The van der Waals surface area contributed by atoms with Crippen molar-refractivity contribution in [2.24, 2.45) is 5.16 Å². The maximum absolute atomic E-state index is 8.63. The van der Waals surface area contributed by atoms with E-state index in [0.29, 0.717) is 38.7 Å². The number of oxime groups is 1. The monoisotopic (exact) mass is 373 g/mol. The van der Waals surface area contributed by atoms with E-state index in [0.717, 1.165) is 5.56 Å². The molecular weight excluding hydrogens is 361 g/mol. The topological polar surface area (TPSA) is 51.0 Å². The Labute approximate surface area is 149 Å². The van der Waals surface area contributed by atoms with Gasteiger partial charge in [0.1, 0.15) is 6.61 Å². The summed E-state index contributed by atoms with van der Waals surface area (Å²) in [5.74, 6) is 0.856. The van der Waals surface area contributed by atoms with Gasteiger partial charge >= 0.3 is 0 Å². The highest BCUT2D eigenvalue weighted by Gasteiger charge is 2.13. The molecule has 0 aliphatic rings. The Morgan fingerprint density at radius 2 is 1.87 bits per heavy atom. The maximum atomic E-state index is 8.63. The van der Waals surface area contributed by atoms with Crippen LogP contribution in [0.15, 0.2) is 35.5 Å². The molecule has 23 heavy (non-hydrogen) atoms. The Hall–Kier alpha value is -1.62. The summed E-state index contributed by atoms with van der Waals surface area (Å²) >= 11 is 18.2. The van der Waals surface area contributed by atoms with Crippen LogP contribution >= 0.6 is 34.8 Å². The second-order valence-corrected chi connectivity index (χ2v) is 5.78. The van der Waals surface area contributed by atoms with Gasteiger partial charge in [0.15, 0.2) is 11.5 Å². The zero-order valence-electron chi connectivity index (χ0n) is 12.2. The maximum Gasteiger partial charge on any atom is 0.180 e. The fourth-order valence-electron chi connectivity index (χ4n) is 1.92. The van der Waals surface area contributed by atoms with Gasteiger partial charge in [0.2, 0.25) is 0 Å². The third kappa shape index (κ3) is 4.67. The average Bonchev–Trinajstić information content (AvgIpc) is 2.49. The highest BCUT2D eigenvalue weighted by atomic mass is 35.5. The summed E-state index contributed by atoms with van der Waals surface area (Å²) in [6.07, 6.45) is 1.26. The second-order valence-electron chi connectivity index (χ2n) is 4.53. The van der Waals surface area contributed by atoms with Crippen LogP contribution in [0, 0.1) is 0 Å². The average molecular weight is 375 g/mol. The molecule has 0 saturated heterocycles. The van der Waals surface area contributed by atoms with Crippen molar-refractivity contribution in [2.75, 3.05) is 6.61 Å². The van der Waals surface area contributed by atoms with Gasteiger partial charge in [-0.25, -0.2) is 0 Å². The van der Waals surface area contributed by atoms with Crippen molar-refractivity contribution in [1.82, 2.24) is 0 Å². The van der Waals surface area contributed by atoms with Crippen LogP contribution in [0.25, 0.3) is 0 Å². The summed E-state index contributed by atoms with van der Waals surface area (Å²) in [5, 5.41) is 13.0. The van der Waals surface area contributed by atoms with Crippen LogP contribution in [0.1, 0.15) is 18.1 Å². The molecule has 0 atom stereocenters. The summed E-state index contributed by atoms with van der Waals surface area (Å²) in [7, 11) is 0. The summed E-state index contributed by atoms with van der Waals surface area (Å²) in [5.41, 5.74) is 1.37. The van der Waals surface area contributed by atoms with E-state index < -0.39 is 0 Å². The Morgan fingerprint density at radius 1 is 1.09 bits per heavy atom. The largest absolute Gasteiger partial charge is 0.490 e. The normalized spacial score (nSPS) is 11.0. The highest BCUT2D eigenvalue weighted by molar-refractivity contribution is 6.35. The predicted molar refractivity (Wildman–Crippen MR) is 92.8 cm³/mol. The van der Waals surface area contributed by atoms with Gasteiger partial charge in [0.05, 0.1) is 17.8 Å². The molecule has 0 radical (unpaired) electrons. The molecule has 122 valence electrons. The molecule has 4 nitrogen and oxygen atoms in total. The molecule has 7 heteroatoms. The zero-order valence-corrected chi connectivity index (χ0v) is 14.5. The minimum Gasteiger partial charge on any atom is -0.490 e. The molecule has 0 heterocycles. The van der Waals surface area contributed by atoms with Gasteiger partial charge in [-0.15, -0.1) is 0 Å². The molecule has 0 amide bonds. The molecule has 0 unspecified atom stereocenters. The number of nitrogens with zero attached hydrogens (tertiary/aromatic N) is 1. The number of halogens is 3. The van der Waals surface area contributed by atoms with Crippen molar-refractivity contribution >= 4 is 41.0 Å². The van der Waals surface area contributed by atoms with Crippen LogP contribution in [0.4, 0.5) is 0 Å². The fourth-order valence-corrected chi connectivity index (χ4v) is 2.66. The Balaban J connectivity index is 2.27. The van der Waals surface area contributed by atoms with Crippen LogP contribution in [0.3, 0.4) is 0 Å². The lowest BCUT2D eigenvalue weighted by atomic mass is 10.2.